The zero-order chi connectivity index (χ0) is 14.2. The molecule has 2 atom stereocenters. The van der Waals surface area contributed by atoms with Crippen molar-refractivity contribution in [3.8, 4) is 0 Å². The minimum absolute atomic E-state index is 0.00256. The average Bonchev–Trinajstić information content (AvgIpc) is 2.27. The maximum atomic E-state index is 9.45. The Kier molecular flexibility index (Phi) is 3.74. The summed E-state index contributed by atoms with van der Waals surface area (Å²) < 4.78 is 5.56. The van der Waals surface area contributed by atoms with Crippen molar-refractivity contribution in [2.75, 3.05) is 10.6 Å². The van der Waals surface area contributed by atoms with E-state index in [1.807, 2.05) is 25.1 Å². The number of aryl methyl sites for hydroxylation is 1. The lowest BCUT2D eigenvalue weighted by Gasteiger charge is -2.48. The van der Waals surface area contributed by atoms with Crippen molar-refractivity contribution >= 4 is 11.4 Å². The number of hydrogen-bond donors (Lipinski definition) is 2. The van der Waals surface area contributed by atoms with Gasteiger partial charge in [0.05, 0.1) is 0 Å². The van der Waals surface area contributed by atoms with Gasteiger partial charge in [-0.3, -0.25) is 0 Å². The number of ether oxygens (including phenoxy) is 1. The molecule has 4 nitrogen and oxygen atoms in total. The fraction of sp³-hybridized carbons (Fsp3) is 0.600. The standard InChI is InChI=1S/C15H24N2O2/c1-10(19-11(2)18)17-14-6-5-13(16)9-12(14)7-8-15(17,3)4/h5-6,9-11,18H,7-8,16H2,1-4H3. The van der Waals surface area contributed by atoms with Gasteiger partial charge in [0.25, 0.3) is 0 Å². The Hall–Kier alpha value is -1.26. The minimum atomic E-state index is -0.773. The number of nitrogens with two attached hydrogens (primary N) is 1. The number of fused-ring (bicyclic) bond motifs is 1. The van der Waals surface area contributed by atoms with Crippen molar-refractivity contribution in [1.82, 2.24) is 0 Å². The van der Waals surface area contributed by atoms with Crippen LogP contribution in [0.4, 0.5) is 11.4 Å². The molecule has 1 aromatic rings. The van der Waals surface area contributed by atoms with E-state index in [9.17, 15) is 5.11 Å². The number of nitrogen functional groups attached to an aromatic ring is 1. The average molecular weight is 264 g/mol. The molecule has 0 amide bonds. The Labute approximate surface area is 115 Å². The van der Waals surface area contributed by atoms with Gasteiger partial charge in [-0.25, -0.2) is 0 Å². The van der Waals surface area contributed by atoms with Crippen LogP contribution in [0.5, 0.6) is 0 Å². The molecule has 2 unspecified atom stereocenters. The third-order valence-corrected chi connectivity index (χ3v) is 3.78. The van der Waals surface area contributed by atoms with E-state index in [1.165, 1.54) is 5.56 Å². The molecule has 1 heterocycles. The first-order valence-electron chi connectivity index (χ1n) is 6.82. The van der Waals surface area contributed by atoms with Gasteiger partial charge in [0.1, 0.15) is 6.23 Å². The summed E-state index contributed by atoms with van der Waals surface area (Å²) in [7, 11) is 0. The van der Waals surface area contributed by atoms with E-state index in [2.05, 4.69) is 18.7 Å². The highest BCUT2D eigenvalue weighted by atomic mass is 16.6. The molecular weight excluding hydrogens is 240 g/mol. The van der Waals surface area contributed by atoms with E-state index >= 15 is 0 Å². The number of nitrogens with zero attached hydrogens (tertiary/aromatic N) is 1. The van der Waals surface area contributed by atoms with E-state index in [4.69, 9.17) is 10.5 Å². The molecule has 0 aliphatic carbocycles. The largest absolute Gasteiger partial charge is 0.399 e. The van der Waals surface area contributed by atoms with Gasteiger partial charge >= 0.3 is 0 Å². The van der Waals surface area contributed by atoms with Crippen LogP contribution in [0.2, 0.25) is 0 Å². The zero-order valence-corrected chi connectivity index (χ0v) is 12.2. The maximum Gasteiger partial charge on any atom is 0.154 e. The quantitative estimate of drug-likeness (QED) is 0.650. The van der Waals surface area contributed by atoms with E-state index in [0.29, 0.717) is 0 Å². The first-order valence-corrected chi connectivity index (χ1v) is 6.82. The van der Waals surface area contributed by atoms with Crippen molar-refractivity contribution < 1.29 is 9.84 Å². The van der Waals surface area contributed by atoms with Crippen LogP contribution >= 0.6 is 0 Å². The minimum Gasteiger partial charge on any atom is -0.399 e. The summed E-state index contributed by atoms with van der Waals surface area (Å²) in [6.45, 7) is 8.01. The van der Waals surface area contributed by atoms with E-state index in [0.717, 1.165) is 24.2 Å². The zero-order valence-electron chi connectivity index (χ0n) is 12.2. The van der Waals surface area contributed by atoms with Crippen LogP contribution < -0.4 is 10.6 Å². The molecule has 1 aromatic carbocycles. The Bertz CT molecular complexity index is 457. The molecule has 0 saturated heterocycles. The second-order valence-corrected chi connectivity index (χ2v) is 5.91. The highest BCUT2D eigenvalue weighted by molar-refractivity contribution is 5.63. The van der Waals surface area contributed by atoms with Gasteiger partial charge in [-0.15, -0.1) is 0 Å². The van der Waals surface area contributed by atoms with E-state index in [-0.39, 0.29) is 11.8 Å². The molecule has 4 heteroatoms. The molecule has 0 saturated carbocycles. The maximum absolute atomic E-state index is 9.45. The predicted molar refractivity (Wildman–Crippen MR) is 78.0 cm³/mol. The lowest BCUT2D eigenvalue weighted by molar-refractivity contribution is -0.122. The molecule has 0 fully saturated rings. The Morgan fingerprint density at radius 1 is 1.37 bits per heavy atom. The van der Waals surface area contributed by atoms with Gasteiger partial charge in [0, 0.05) is 16.9 Å². The SMILES string of the molecule is CC(O)OC(C)N1c2ccc(N)cc2CCC1(C)C. The smallest absolute Gasteiger partial charge is 0.154 e. The topological polar surface area (TPSA) is 58.7 Å². The van der Waals surface area contributed by atoms with Crippen molar-refractivity contribution in [3.05, 3.63) is 23.8 Å². The van der Waals surface area contributed by atoms with E-state index in [1.54, 1.807) is 6.92 Å². The number of benzene rings is 1. The summed E-state index contributed by atoms with van der Waals surface area (Å²) >= 11 is 0. The number of anilines is 2. The van der Waals surface area contributed by atoms with Gasteiger partial charge in [-0.2, -0.15) is 0 Å². The van der Waals surface area contributed by atoms with Crippen molar-refractivity contribution in [3.63, 3.8) is 0 Å². The normalized spacial score (nSPS) is 20.8. The van der Waals surface area contributed by atoms with Gasteiger partial charge in [-0.1, -0.05) is 0 Å². The van der Waals surface area contributed by atoms with E-state index < -0.39 is 6.29 Å². The fourth-order valence-electron chi connectivity index (χ4n) is 2.96. The summed E-state index contributed by atoms with van der Waals surface area (Å²) in [5.74, 6) is 0. The number of aliphatic hydroxyl groups excluding tert-OH is 1. The predicted octanol–water partition coefficient (Wildman–Crippen LogP) is 2.50. The molecule has 19 heavy (non-hydrogen) atoms. The molecule has 0 bridgehead atoms. The van der Waals surface area contributed by atoms with Gasteiger partial charge in [0.15, 0.2) is 6.29 Å². The van der Waals surface area contributed by atoms with Crippen LogP contribution in [0.1, 0.15) is 39.7 Å². The third kappa shape index (κ3) is 2.85. The van der Waals surface area contributed by atoms with Crippen LogP contribution in [-0.4, -0.2) is 23.2 Å². The van der Waals surface area contributed by atoms with Gasteiger partial charge in [-0.05, 0) is 64.3 Å². The summed E-state index contributed by atoms with van der Waals surface area (Å²) in [6.07, 6.45) is 1.10. The van der Waals surface area contributed by atoms with Crippen molar-refractivity contribution in [2.24, 2.45) is 0 Å². The number of aliphatic hydroxyl groups is 1. The Morgan fingerprint density at radius 3 is 2.68 bits per heavy atom. The summed E-state index contributed by atoms with van der Waals surface area (Å²) in [4.78, 5) is 2.23. The molecule has 106 valence electrons. The number of rotatable bonds is 3. The second kappa shape index (κ2) is 5.02. The molecule has 3 N–H and O–H groups in total. The highest BCUT2D eigenvalue weighted by Gasteiger charge is 2.36. The summed E-state index contributed by atoms with van der Waals surface area (Å²) in [5, 5.41) is 9.45. The van der Waals surface area contributed by atoms with Crippen LogP contribution in [0.3, 0.4) is 0 Å². The van der Waals surface area contributed by atoms with Gasteiger partial charge in [0.2, 0.25) is 0 Å². The summed E-state index contributed by atoms with van der Waals surface area (Å²) in [6, 6.07) is 6.00. The summed E-state index contributed by atoms with van der Waals surface area (Å²) in [5.41, 5.74) is 9.06. The third-order valence-electron chi connectivity index (χ3n) is 3.78. The lowest BCUT2D eigenvalue weighted by Crippen LogP contribution is -2.53. The van der Waals surface area contributed by atoms with Crippen LogP contribution in [-0.2, 0) is 11.2 Å². The molecule has 0 spiro atoms. The monoisotopic (exact) mass is 264 g/mol. The fourth-order valence-corrected chi connectivity index (χ4v) is 2.96. The van der Waals surface area contributed by atoms with Crippen molar-refractivity contribution in [2.45, 2.75) is 58.6 Å². The molecule has 1 aliphatic rings. The number of hydrogen-bond acceptors (Lipinski definition) is 4. The molecular formula is C15H24N2O2. The first-order chi connectivity index (χ1) is 8.81. The highest BCUT2D eigenvalue weighted by Crippen LogP contribution is 2.39. The molecule has 0 aromatic heterocycles. The Morgan fingerprint density at radius 2 is 2.05 bits per heavy atom. The second-order valence-electron chi connectivity index (χ2n) is 5.91. The Balaban J connectivity index is 2.39. The van der Waals surface area contributed by atoms with Crippen molar-refractivity contribution in [1.29, 1.82) is 0 Å². The lowest BCUT2D eigenvalue weighted by atomic mass is 9.86. The van der Waals surface area contributed by atoms with Crippen LogP contribution in [0.25, 0.3) is 0 Å². The van der Waals surface area contributed by atoms with Gasteiger partial charge < -0.3 is 20.5 Å². The first kappa shape index (κ1) is 14.2. The molecule has 1 aliphatic heterocycles. The molecule has 2 rings (SSSR count). The van der Waals surface area contributed by atoms with Crippen LogP contribution in [0.15, 0.2) is 18.2 Å². The molecule has 0 radical (unpaired) electrons. The van der Waals surface area contributed by atoms with Crippen LogP contribution in [0, 0.1) is 0 Å².